The Morgan fingerprint density at radius 3 is 1.88 bits per heavy atom. The first-order chi connectivity index (χ1) is 11.9. The van der Waals surface area contributed by atoms with Crippen LogP contribution < -0.4 is 20.9 Å². The van der Waals surface area contributed by atoms with Gasteiger partial charge in [-0.25, -0.2) is 0 Å². The molecule has 2 aromatic rings. The Morgan fingerprint density at radius 2 is 1.36 bits per heavy atom. The van der Waals surface area contributed by atoms with Crippen molar-refractivity contribution < 1.29 is 9.59 Å². The maximum absolute atomic E-state index is 12.0. The summed E-state index contributed by atoms with van der Waals surface area (Å²) in [5, 5.41) is 8.75. The number of carbonyl (C=O) groups is 2. The van der Waals surface area contributed by atoms with Crippen LogP contribution in [0.25, 0.3) is 0 Å². The quantitative estimate of drug-likeness (QED) is 0.724. The second kappa shape index (κ2) is 8.73. The number of anilines is 4. The smallest absolute Gasteiger partial charge is 0.226 e. The van der Waals surface area contributed by atoms with Gasteiger partial charge in [0.2, 0.25) is 11.8 Å². The van der Waals surface area contributed by atoms with Crippen LogP contribution in [0.5, 0.6) is 0 Å². The van der Waals surface area contributed by atoms with Crippen molar-refractivity contribution in [3.63, 3.8) is 0 Å². The highest BCUT2D eigenvalue weighted by molar-refractivity contribution is 5.92. The van der Waals surface area contributed by atoms with Crippen molar-refractivity contribution in [1.29, 1.82) is 0 Å². The second-order valence-electron chi connectivity index (χ2n) is 5.92. The molecule has 2 aromatic carbocycles. The van der Waals surface area contributed by atoms with E-state index in [4.69, 9.17) is 0 Å². The molecular formula is C19H24N4O2. The lowest BCUT2D eigenvalue weighted by atomic mass is 10.2. The van der Waals surface area contributed by atoms with E-state index in [-0.39, 0.29) is 11.8 Å². The molecule has 0 saturated heterocycles. The number of rotatable bonds is 7. The predicted octanol–water partition coefficient (Wildman–Crippen LogP) is 3.15. The van der Waals surface area contributed by atoms with E-state index in [1.54, 1.807) is 24.3 Å². The Hall–Kier alpha value is -3.02. The van der Waals surface area contributed by atoms with E-state index in [9.17, 15) is 9.59 Å². The van der Waals surface area contributed by atoms with Crippen LogP contribution in [0.3, 0.4) is 0 Å². The first-order valence-electron chi connectivity index (χ1n) is 8.13. The molecule has 0 radical (unpaired) electrons. The van der Waals surface area contributed by atoms with Crippen LogP contribution in [0.4, 0.5) is 22.7 Å². The number of hydrogen-bond acceptors (Lipinski definition) is 4. The van der Waals surface area contributed by atoms with Crippen molar-refractivity contribution in [2.45, 2.75) is 13.3 Å². The number of amides is 2. The molecule has 0 heterocycles. The van der Waals surface area contributed by atoms with Crippen LogP contribution in [0, 0.1) is 0 Å². The molecule has 0 aliphatic carbocycles. The van der Waals surface area contributed by atoms with Crippen LogP contribution in [-0.2, 0) is 9.59 Å². The Balaban J connectivity index is 1.75. The summed E-state index contributed by atoms with van der Waals surface area (Å²) in [6.07, 6.45) is 0.364. The molecular weight excluding hydrogens is 316 g/mol. The van der Waals surface area contributed by atoms with Gasteiger partial charge < -0.3 is 20.9 Å². The molecule has 25 heavy (non-hydrogen) atoms. The van der Waals surface area contributed by atoms with Gasteiger partial charge in [0.05, 0.1) is 0 Å². The monoisotopic (exact) mass is 340 g/mol. The van der Waals surface area contributed by atoms with E-state index in [2.05, 4.69) is 16.0 Å². The summed E-state index contributed by atoms with van der Waals surface area (Å²) in [4.78, 5) is 25.0. The van der Waals surface area contributed by atoms with Crippen molar-refractivity contribution >= 4 is 34.6 Å². The van der Waals surface area contributed by atoms with Crippen LogP contribution >= 0.6 is 0 Å². The van der Waals surface area contributed by atoms with Crippen LogP contribution in [-0.4, -0.2) is 32.5 Å². The number of carbonyl (C=O) groups excluding carboxylic acids is 2. The van der Waals surface area contributed by atoms with E-state index in [0.29, 0.717) is 24.3 Å². The minimum absolute atomic E-state index is 0.0651. The van der Waals surface area contributed by atoms with E-state index in [1.165, 1.54) is 6.92 Å². The Labute approximate surface area is 148 Å². The van der Waals surface area contributed by atoms with Gasteiger partial charge in [-0.1, -0.05) is 0 Å². The zero-order chi connectivity index (χ0) is 18.2. The summed E-state index contributed by atoms with van der Waals surface area (Å²) in [6, 6.07) is 15.1. The molecule has 0 bridgehead atoms. The van der Waals surface area contributed by atoms with E-state index < -0.39 is 0 Å². The predicted molar refractivity (Wildman–Crippen MR) is 103 cm³/mol. The summed E-state index contributed by atoms with van der Waals surface area (Å²) in [7, 11) is 3.99. The lowest BCUT2D eigenvalue weighted by Crippen LogP contribution is -2.16. The van der Waals surface area contributed by atoms with Crippen molar-refractivity contribution in [2.24, 2.45) is 0 Å². The van der Waals surface area contributed by atoms with Crippen LogP contribution in [0.15, 0.2) is 48.5 Å². The van der Waals surface area contributed by atoms with Crippen LogP contribution in [0.1, 0.15) is 13.3 Å². The molecule has 0 fully saturated rings. The summed E-state index contributed by atoms with van der Waals surface area (Å²) in [5.74, 6) is -0.189. The average molecular weight is 340 g/mol. The highest BCUT2D eigenvalue weighted by Gasteiger charge is 2.03. The molecule has 2 amide bonds. The van der Waals surface area contributed by atoms with Gasteiger partial charge in [-0.2, -0.15) is 0 Å². The van der Waals surface area contributed by atoms with Gasteiger partial charge in [0.1, 0.15) is 0 Å². The minimum Gasteiger partial charge on any atom is -0.385 e. The largest absolute Gasteiger partial charge is 0.385 e. The molecule has 6 heteroatoms. The maximum Gasteiger partial charge on any atom is 0.226 e. The Bertz CT molecular complexity index is 709. The molecule has 132 valence electrons. The fourth-order valence-electron chi connectivity index (χ4n) is 2.26. The molecule has 0 saturated carbocycles. The fraction of sp³-hybridized carbons (Fsp3) is 0.263. The lowest BCUT2D eigenvalue weighted by molar-refractivity contribution is -0.116. The van der Waals surface area contributed by atoms with Crippen molar-refractivity contribution in [3.8, 4) is 0 Å². The van der Waals surface area contributed by atoms with Crippen molar-refractivity contribution in [3.05, 3.63) is 48.5 Å². The third-order valence-corrected chi connectivity index (χ3v) is 3.55. The summed E-state index contributed by atoms with van der Waals surface area (Å²) < 4.78 is 0. The highest BCUT2D eigenvalue weighted by Crippen LogP contribution is 2.16. The third-order valence-electron chi connectivity index (χ3n) is 3.55. The standard InChI is InChI=1S/C19H24N4O2/c1-14(24)21-16-4-6-17(7-5-16)22-19(25)12-13-20-15-8-10-18(11-9-15)23(2)3/h4-11,20H,12-13H2,1-3H3,(H,21,24)(H,22,25). The summed E-state index contributed by atoms with van der Waals surface area (Å²) >= 11 is 0. The van der Waals surface area contributed by atoms with Gasteiger partial charge in [-0.15, -0.1) is 0 Å². The van der Waals surface area contributed by atoms with Crippen molar-refractivity contribution in [1.82, 2.24) is 0 Å². The second-order valence-corrected chi connectivity index (χ2v) is 5.92. The van der Waals surface area contributed by atoms with E-state index in [0.717, 1.165) is 11.4 Å². The Kier molecular flexibility index (Phi) is 6.39. The number of hydrogen-bond donors (Lipinski definition) is 3. The summed E-state index contributed by atoms with van der Waals surface area (Å²) in [5.41, 5.74) is 3.52. The molecule has 6 nitrogen and oxygen atoms in total. The normalized spacial score (nSPS) is 10.0. The zero-order valence-corrected chi connectivity index (χ0v) is 14.8. The first kappa shape index (κ1) is 18.3. The molecule has 0 aliphatic rings. The van der Waals surface area contributed by atoms with E-state index in [1.807, 2.05) is 43.3 Å². The highest BCUT2D eigenvalue weighted by atomic mass is 16.2. The molecule has 3 N–H and O–H groups in total. The molecule has 0 aliphatic heterocycles. The topological polar surface area (TPSA) is 73.5 Å². The number of benzene rings is 2. The number of nitrogens with zero attached hydrogens (tertiary/aromatic N) is 1. The minimum atomic E-state index is -0.124. The number of nitrogens with one attached hydrogen (secondary N) is 3. The molecule has 0 unspecified atom stereocenters. The van der Waals surface area contributed by atoms with Gasteiger partial charge in [-0.05, 0) is 48.5 Å². The Morgan fingerprint density at radius 1 is 0.840 bits per heavy atom. The molecule has 0 aromatic heterocycles. The van der Waals surface area contributed by atoms with Gasteiger partial charge in [0, 0.05) is 56.7 Å². The average Bonchev–Trinajstić information content (AvgIpc) is 2.56. The lowest BCUT2D eigenvalue weighted by Gasteiger charge is -2.13. The van der Waals surface area contributed by atoms with E-state index >= 15 is 0 Å². The third kappa shape index (κ3) is 6.18. The van der Waals surface area contributed by atoms with Crippen molar-refractivity contribution in [2.75, 3.05) is 41.5 Å². The van der Waals surface area contributed by atoms with Gasteiger partial charge in [0.25, 0.3) is 0 Å². The maximum atomic E-state index is 12.0. The SMILES string of the molecule is CC(=O)Nc1ccc(NC(=O)CCNc2ccc(N(C)C)cc2)cc1. The molecule has 2 rings (SSSR count). The zero-order valence-electron chi connectivity index (χ0n) is 14.8. The fourth-order valence-corrected chi connectivity index (χ4v) is 2.26. The molecule has 0 atom stereocenters. The van der Waals surface area contributed by atoms with Gasteiger partial charge in [0.15, 0.2) is 0 Å². The van der Waals surface area contributed by atoms with Crippen LogP contribution in [0.2, 0.25) is 0 Å². The van der Waals surface area contributed by atoms with Gasteiger partial charge >= 0.3 is 0 Å². The first-order valence-corrected chi connectivity index (χ1v) is 8.13. The summed E-state index contributed by atoms with van der Waals surface area (Å²) in [6.45, 7) is 2.01. The molecule has 0 spiro atoms. The van der Waals surface area contributed by atoms with Gasteiger partial charge in [-0.3, -0.25) is 9.59 Å².